The Labute approximate surface area is 57.2 Å². The highest BCUT2D eigenvalue weighted by Crippen LogP contribution is 2.44. The summed E-state index contributed by atoms with van der Waals surface area (Å²) in [6.45, 7) is 2.71. The predicted molar refractivity (Wildman–Crippen MR) is 29.6 cm³/mol. The molecular weight excluding hydrogens is 145 g/mol. The third kappa shape index (κ3) is 1.00. The molecule has 0 amide bonds. The number of alkyl halides is 3. The second-order valence-electron chi connectivity index (χ2n) is 2.86. The zero-order valence-corrected chi connectivity index (χ0v) is 5.83. The van der Waals surface area contributed by atoms with Crippen LogP contribution in [0.3, 0.4) is 0 Å². The van der Waals surface area contributed by atoms with Crippen molar-refractivity contribution in [1.29, 1.82) is 0 Å². The largest absolute Gasteiger partial charge is 0.417 e. The van der Waals surface area contributed by atoms with Crippen molar-refractivity contribution in [3.63, 3.8) is 0 Å². The van der Waals surface area contributed by atoms with E-state index < -0.39 is 11.8 Å². The summed E-state index contributed by atoms with van der Waals surface area (Å²) in [6, 6.07) is 0. The van der Waals surface area contributed by atoms with Gasteiger partial charge in [0.1, 0.15) is 0 Å². The molecular formula is C6H9F3O. The summed E-state index contributed by atoms with van der Waals surface area (Å²) in [5, 5.41) is 0. The lowest BCUT2D eigenvalue weighted by Crippen LogP contribution is -2.56. The van der Waals surface area contributed by atoms with Gasteiger partial charge < -0.3 is 4.74 Å². The minimum Gasteiger partial charge on any atom is -0.363 e. The van der Waals surface area contributed by atoms with E-state index in [2.05, 4.69) is 4.74 Å². The topological polar surface area (TPSA) is 9.23 Å². The number of hydrogen-bond acceptors (Lipinski definition) is 1. The number of ether oxygens (including phenoxy) is 1. The fourth-order valence-electron chi connectivity index (χ4n) is 1.17. The molecule has 1 nitrogen and oxygen atoms in total. The zero-order chi connectivity index (χ0) is 7.99. The van der Waals surface area contributed by atoms with Gasteiger partial charge in [0.15, 0.2) is 5.60 Å². The average molecular weight is 154 g/mol. The van der Waals surface area contributed by atoms with Crippen LogP contribution in [0.1, 0.15) is 20.3 Å². The van der Waals surface area contributed by atoms with Gasteiger partial charge in [-0.05, 0) is 13.8 Å². The Morgan fingerprint density at radius 2 is 1.90 bits per heavy atom. The molecule has 60 valence electrons. The van der Waals surface area contributed by atoms with Gasteiger partial charge in [-0.15, -0.1) is 0 Å². The fourth-order valence-corrected chi connectivity index (χ4v) is 1.17. The minimum absolute atomic E-state index is 0.0799. The molecule has 0 spiro atoms. The molecule has 1 aliphatic rings. The van der Waals surface area contributed by atoms with Crippen LogP contribution in [0.5, 0.6) is 0 Å². The van der Waals surface area contributed by atoms with Crippen LogP contribution in [-0.2, 0) is 4.74 Å². The quantitative estimate of drug-likeness (QED) is 0.519. The van der Waals surface area contributed by atoms with E-state index in [4.69, 9.17) is 0 Å². The first-order valence-corrected chi connectivity index (χ1v) is 3.10. The van der Waals surface area contributed by atoms with Crippen molar-refractivity contribution >= 4 is 0 Å². The number of hydrogen-bond donors (Lipinski definition) is 0. The summed E-state index contributed by atoms with van der Waals surface area (Å²) < 4.78 is 40.4. The molecule has 1 heterocycles. The normalized spacial score (nSPS) is 41.1. The summed E-state index contributed by atoms with van der Waals surface area (Å²) >= 11 is 0. The van der Waals surface area contributed by atoms with Crippen LogP contribution in [0, 0.1) is 0 Å². The molecule has 4 heteroatoms. The average Bonchev–Trinajstić information content (AvgIpc) is 1.58. The summed E-state index contributed by atoms with van der Waals surface area (Å²) in [5.74, 6) is 0. The van der Waals surface area contributed by atoms with E-state index in [1.807, 2.05) is 0 Å². The lowest BCUT2D eigenvalue weighted by atomic mass is 9.91. The second kappa shape index (κ2) is 1.87. The van der Waals surface area contributed by atoms with Gasteiger partial charge in [0.25, 0.3) is 0 Å². The van der Waals surface area contributed by atoms with Gasteiger partial charge in [0.2, 0.25) is 0 Å². The molecule has 0 aromatic rings. The van der Waals surface area contributed by atoms with E-state index in [1.165, 1.54) is 0 Å². The molecule has 1 rings (SSSR count). The first-order valence-electron chi connectivity index (χ1n) is 3.10. The summed E-state index contributed by atoms with van der Waals surface area (Å²) in [4.78, 5) is 0. The van der Waals surface area contributed by atoms with Crippen molar-refractivity contribution in [2.24, 2.45) is 0 Å². The van der Waals surface area contributed by atoms with E-state index in [0.717, 1.165) is 6.92 Å². The third-order valence-corrected chi connectivity index (χ3v) is 1.74. The highest BCUT2D eigenvalue weighted by molar-refractivity contribution is 4.93. The highest BCUT2D eigenvalue weighted by atomic mass is 19.4. The number of halogens is 3. The van der Waals surface area contributed by atoms with Crippen LogP contribution in [0.25, 0.3) is 0 Å². The van der Waals surface area contributed by atoms with Gasteiger partial charge in [-0.3, -0.25) is 0 Å². The second-order valence-corrected chi connectivity index (χ2v) is 2.86. The maximum Gasteiger partial charge on any atom is 0.417 e. The van der Waals surface area contributed by atoms with Crippen LogP contribution >= 0.6 is 0 Å². The van der Waals surface area contributed by atoms with E-state index in [9.17, 15) is 13.2 Å². The van der Waals surface area contributed by atoms with Gasteiger partial charge in [0, 0.05) is 6.42 Å². The van der Waals surface area contributed by atoms with Crippen LogP contribution in [0.15, 0.2) is 0 Å². The van der Waals surface area contributed by atoms with Gasteiger partial charge in [0.05, 0.1) is 6.10 Å². The maximum atomic E-state index is 11.9. The Balaban J connectivity index is 2.57. The minimum atomic E-state index is -4.21. The van der Waals surface area contributed by atoms with Crippen LogP contribution in [0.4, 0.5) is 13.2 Å². The summed E-state index contributed by atoms with van der Waals surface area (Å²) in [7, 11) is 0. The number of rotatable bonds is 0. The van der Waals surface area contributed by atoms with Gasteiger partial charge in [-0.1, -0.05) is 0 Å². The Hall–Kier alpha value is -0.250. The summed E-state index contributed by atoms with van der Waals surface area (Å²) in [5.41, 5.74) is -1.87. The molecule has 0 aliphatic carbocycles. The molecule has 0 saturated carbocycles. The third-order valence-electron chi connectivity index (χ3n) is 1.74. The van der Waals surface area contributed by atoms with Gasteiger partial charge in [-0.25, -0.2) is 0 Å². The van der Waals surface area contributed by atoms with Crippen molar-refractivity contribution < 1.29 is 17.9 Å². The molecule has 0 N–H and O–H groups in total. The molecule has 2 unspecified atom stereocenters. The lowest BCUT2D eigenvalue weighted by Gasteiger charge is -2.44. The Bertz CT molecular complexity index is 134. The standard InChI is InChI=1S/C6H9F3O/c1-4-3-5(2,10-4)6(7,8)9/h4H,3H2,1-2H3. The maximum absolute atomic E-state index is 11.9. The van der Waals surface area contributed by atoms with E-state index >= 15 is 0 Å². The van der Waals surface area contributed by atoms with Crippen molar-refractivity contribution in [2.45, 2.75) is 38.1 Å². The van der Waals surface area contributed by atoms with Crippen LogP contribution in [-0.4, -0.2) is 17.9 Å². The molecule has 0 radical (unpaired) electrons. The molecule has 0 bridgehead atoms. The summed E-state index contributed by atoms with van der Waals surface area (Å²) in [6.07, 6.45) is -4.37. The van der Waals surface area contributed by atoms with E-state index in [0.29, 0.717) is 0 Å². The first-order chi connectivity index (χ1) is 4.35. The molecule has 10 heavy (non-hydrogen) atoms. The van der Waals surface area contributed by atoms with E-state index in [-0.39, 0.29) is 12.5 Å². The predicted octanol–water partition coefficient (Wildman–Crippen LogP) is 2.12. The molecule has 1 aliphatic heterocycles. The molecule has 1 saturated heterocycles. The van der Waals surface area contributed by atoms with Crippen LogP contribution in [0.2, 0.25) is 0 Å². The Kier molecular flexibility index (Phi) is 1.47. The SMILES string of the molecule is CC1CC(C)(C(F)(F)F)O1. The zero-order valence-electron chi connectivity index (χ0n) is 5.83. The fraction of sp³-hybridized carbons (Fsp3) is 1.00. The first kappa shape index (κ1) is 7.85. The van der Waals surface area contributed by atoms with Crippen molar-refractivity contribution in [2.75, 3.05) is 0 Å². The smallest absolute Gasteiger partial charge is 0.363 e. The van der Waals surface area contributed by atoms with Crippen molar-refractivity contribution in [3.05, 3.63) is 0 Å². The molecule has 2 atom stereocenters. The van der Waals surface area contributed by atoms with Gasteiger partial charge in [-0.2, -0.15) is 13.2 Å². The monoisotopic (exact) mass is 154 g/mol. The Morgan fingerprint density at radius 1 is 1.50 bits per heavy atom. The van der Waals surface area contributed by atoms with Gasteiger partial charge >= 0.3 is 6.18 Å². The van der Waals surface area contributed by atoms with E-state index in [1.54, 1.807) is 6.92 Å². The molecule has 1 fully saturated rings. The lowest BCUT2D eigenvalue weighted by molar-refractivity contribution is -0.339. The Morgan fingerprint density at radius 3 is 2.00 bits per heavy atom. The molecule has 0 aromatic heterocycles. The highest BCUT2D eigenvalue weighted by Gasteiger charge is 2.59. The van der Waals surface area contributed by atoms with Crippen molar-refractivity contribution in [3.8, 4) is 0 Å². The molecule has 0 aromatic carbocycles. The van der Waals surface area contributed by atoms with Crippen LogP contribution < -0.4 is 0 Å². The van der Waals surface area contributed by atoms with Crippen molar-refractivity contribution in [1.82, 2.24) is 0 Å².